The van der Waals surface area contributed by atoms with Crippen LogP contribution in [0.15, 0.2) is 41.4 Å². The van der Waals surface area contributed by atoms with Crippen molar-refractivity contribution in [2.75, 3.05) is 32.8 Å². The van der Waals surface area contributed by atoms with Crippen molar-refractivity contribution >= 4 is 34.1 Å². The number of hydrogen-bond donors (Lipinski definition) is 2. The average molecular weight is 425 g/mol. The number of aromatic nitrogens is 2. The second-order valence-corrected chi connectivity index (χ2v) is 9.13. The smallest absolute Gasteiger partial charge is 0.273 e. The van der Waals surface area contributed by atoms with Crippen molar-refractivity contribution in [2.24, 2.45) is 11.3 Å². The van der Waals surface area contributed by atoms with Crippen molar-refractivity contribution in [1.29, 1.82) is 0 Å². The molecule has 0 spiro atoms. The number of nitrogens with zero attached hydrogens (tertiary/aromatic N) is 3. The maximum Gasteiger partial charge on any atom is 0.273 e. The zero-order valence-electron chi connectivity index (χ0n) is 16.6. The highest BCUT2D eigenvalue weighted by Gasteiger charge is 2.54. The molecule has 2 atom stereocenters. The Balaban J connectivity index is 1.23. The van der Waals surface area contributed by atoms with E-state index in [2.05, 4.69) is 16.0 Å². The summed E-state index contributed by atoms with van der Waals surface area (Å²) in [4.78, 5) is 36.6. The van der Waals surface area contributed by atoms with Crippen LogP contribution in [0.1, 0.15) is 22.5 Å². The van der Waals surface area contributed by atoms with Crippen LogP contribution in [0.4, 0.5) is 0 Å². The summed E-state index contributed by atoms with van der Waals surface area (Å²) in [5, 5.41) is 13.1. The Morgan fingerprint density at radius 2 is 2.03 bits per heavy atom. The van der Waals surface area contributed by atoms with Crippen LogP contribution in [0.25, 0.3) is 10.9 Å². The highest BCUT2D eigenvalue weighted by molar-refractivity contribution is 7.07. The lowest BCUT2D eigenvalue weighted by atomic mass is 9.82. The van der Waals surface area contributed by atoms with Gasteiger partial charge in [0.05, 0.1) is 12.1 Å². The van der Waals surface area contributed by atoms with Gasteiger partial charge in [-0.25, -0.2) is 4.98 Å². The van der Waals surface area contributed by atoms with Crippen molar-refractivity contribution in [3.63, 3.8) is 0 Å². The van der Waals surface area contributed by atoms with Gasteiger partial charge in [0, 0.05) is 66.4 Å². The quantitative estimate of drug-likeness (QED) is 0.657. The summed E-state index contributed by atoms with van der Waals surface area (Å²) in [6.45, 7) is 2.10. The van der Waals surface area contributed by atoms with E-state index < -0.39 is 5.41 Å². The average Bonchev–Trinajstić information content (AvgIpc) is 3.54. The summed E-state index contributed by atoms with van der Waals surface area (Å²) in [7, 11) is 0. The summed E-state index contributed by atoms with van der Waals surface area (Å²) in [5.41, 5.74) is 3.91. The van der Waals surface area contributed by atoms with Gasteiger partial charge in [-0.15, -0.1) is 11.3 Å². The Bertz CT molecular complexity index is 1080. The molecule has 4 heterocycles. The number of aryl methyl sites for hydroxylation is 1. The fourth-order valence-electron chi connectivity index (χ4n) is 4.97. The predicted molar refractivity (Wildman–Crippen MR) is 114 cm³/mol. The fourth-order valence-corrected chi connectivity index (χ4v) is 5.49. The molecule has 1 aromatic carbocycles. The third kappa shape index (κ3) is 3.20. The largest absolute Gasteiger partial charge is 0.396 e. The number of aliphatic hydroxyl groups is 1. The Kier molecular flexibility index (Phi) is 4.83. The third-order valence-electron chi connectivity index (χ3n) is 6.65. The Morgan fingerprint density at radius 3 is 2.80 bits per heavy atom. The van der Waals surface area contributed by atoms with Gasteiger partial charge in [0.1, 0.15) is 5.69 Å². The molecule has 8 heteroatoms. The van der Waals surface area contributed by atoms with Crippen molar-refractivity contribution in [2.45, 2.75) is 12.8 Å². The first-order valence-electron chi connectivity index (χ1n) is 10.2. The van der Waals surface area contributed by atoms with E-state index in [9.17, 15) is 14.7 Å². The number of H-pyrrole nitrogens is 1. The Morgan fingerprint density at radius 1 is 1.23 bits per heavy atom. The molecule has 2 N–H and O–H groups in total. The van der Waals surface area contributed by atoms with Gasteiger partial charge in [-0.3, -0.25) is 9.59 Å². The number of amides is 2. The van der Waals surface area contributed by atoms with E-state index in [1.165, 1.54) is 11.3 Å². The number of fused-ring (bicyclic) bond motifs is 2. The van der Waals surface area contributed by atoms with Gasteiger partial charge in [0.15, 0.2) is 0 Å². The SMILES string of the molecule is O=C(CCc1c[nH]c2ccccc12)N1C[C@@H]2CN(C(=O)c3cscn3)C[C@]2(CO)C1. The summed E-state index contributed by atoms with van der Waals surface area (Å²) in [6.07, 6.45) is 3.11. The maximum absolute atomic E-state index is 12.9. The third-order valence-corrected chi connectivity index (χ3v) is 7.23. The van der Waals surface area contributed by atoms with E-state index in [-0.39, 0.29) is 24.3 Å². The summed E-state index contributed by atoms with van der Waals surface area (Å²) < 4.78 is 0. The van der Waals surface area contributed by atoms with Gasteiger partial charge in [-0.1, -0.05) is 18.2 Å². The molecule has 156 valence electrons. The van der Waals surface area contributed by atoms with E-state index in [1.807, 2.05) is 29.3 Å². The predicted octanol–water partition coefficient (Wildman–Crippen LogP) is 2.15. The molecule has 2 aliphatic rings. The van der Waals surface area contributed by atoms with Crippen LogP contribution in [0.3, 0.4) is 0 Å². The molecule has 7 nitrogen and oxygen atoms in total. The summed E-state index contributed by atoms with van der Waals surface area (Å²) in [6, 6.07) is 8.10. The second-order valence-electron chi connectivity index (χ2n) is 8.41. The highest BCUT2D eigenvalue weighted by atomic mass is 32.1. The monoisotopic (exact) mass is 424 g/mol. The van der Waals surface area contributed by atoms with Gasteiger partial charge < -0.3 is 19.9 Å². The first-order valence-corrected chi connectivity index (χ1v) is 11.1. The van der Waals surface area contributed by atoms with Crippen LogP contribution in [0.2, 0.25) is 0 Å². The van der Waals surface area contributed by atoms with Gasteiger partial charge in [-0.2, -0.15) is 0 Å². The highest BCUT2D eigenvalue weighted by Crippen LogP contribution is 2.42. The fraction of sp³-hybridized carbons (Fsp3) is 0.409. The molecule has 2 aliphatic heterocycles. The lowest BCUT2D eigenvalue weighted by molar-refractivity contribution is -0.130. The number of nitrogens with one attached hydrogen (secondary N) is 1. The number of thiazole rings is 1. The van der Waals surface area contributed by atoms with E-state index >= 15 is 0 Å². The number of rotatable bonds is 5. The molecule has 0 radical (unpaired) electrons. The van der Waals surface area contributed by atoms with Crippen molar-refractivity contribution in [1.82, 2.24) is 19.8 Å². The number of aromatic amines is 1. The number of aliphatic hydroxyl groups excluding tert-OH is 1. The molecular weight excluding hydrogens is 400 g/mol. The Hall–Kier alpha value is -2.71. The first-order chi connectivity index (χ1) is 14.6. The molecule has 5 rings (SSSR count). The minimum atomic E-state index is -0.428. The van der Waals surface area contributed by atoms with Crippen LogP contribution in [-0.2, 0) is 11.2 Å². The van der Waals surface area contributed by atoms with Crippen LogP contribution in [0.5, 0.6) is 0 Å². The number of carbonyl (C=O) groups is 2. The van der Waals surface area contributed by atoms with Crippen LogP contribution in [0, 0.1) is 11.3 Å². The van der Waals surface area contributed by atoms with Crippen LogP contribution >= 0.6 is 11.3 Å². The zero-order valence-corrected chi connectivity index (χ0v) is 17.4. The minimum Gasteiger partial charge on any atom is -0.396 e. The van der Waals surface area contributed by atoms with E-state index in [0.29, 0.717) is 44.7 Å². The molecule has 0 saturated carbocycles. The number of carbonyl (C=O) groups excluding carboxylic acids is 2. The molecule has 30 heavy (non-hydrogen) atoms. The lowest BCUT2D eigenvalue weighted by Crippen LogP contribution is -2.40. The normalized spacial score (nSPS) is 23.3. The summed E-state index contributed by atoms with van der Waals surface area (Å²) in [5.74, 6) is 0.123. The molecule has 2 amide bonds. The molecule has 2 aromatic heterocycles. The molecule has 2 fully saturated rings. The van der Waals surface area contributed by atoms with E-state index in [0.717, 1.165) is 16.5 Å². The number of para-hydroxylation sites is 1. The Labute approximate surface area is 178 Å². The number of benzene rings is 1. The second kappa shape index (κ2) is 7.52. The zero-order chi connectivity index (χ0) is 20.7. The van der Waals surface area contributed by atoms with Gasteiger partial charge in [0.25, 0.3) is 5.91 Å². The molecular formula is C22H24N4O3S. The molecule has 0 unspecified atom stereocenters. The van der Waals surface area contributed by atoms with Gasteiger partial charge >= 0.3 is 0 Å². The maximum atomic E-state index is 12.9. The van der Waals surface area contributed by atoms with Crippen molar-refractivity contribution < 1.29 is 14.7 Å². The van der Waals surface area contributed by atoms with E-state index in [1.54, 1.807) is 15.8 Å². The first kappa shape index (κ1) is 19.3. The number of hydrogen-bond acceptors (Lipinski definition) is 5. The van der Waals surface area contributed by atoms with Crippen LogP contribution in [-0.4, -0.2) is 69.5 Å². The molecule has 0 aliphatic carbocycles. The lowest BCUT2D eigenvalue weighted by Gasteiger charge is -2.27. The van der Waals surface area contributed by atoms with Gasteiger partial charge in [0.2, 0.25) is 5.91 Å². The van der Waals surface area contributed by atoms with Crippen molar-refractivity contribution in [3.05, 3.63) is 52.6 Å². The summed E-state index contributed by atoms with van der Waals surface area (Å²) >= 11 is 1.40. The topological polar surface area (TPSA) is 89.5 Å². The van der Waals surface area contributed by atoms with Gasteiger partial charge in [-0.05, 0) is 18.1 Å². The van der Waals surface area contributed by atoms with Crippen molar-refractivity contribution in [3.8, 4) is 0 Å². The minimum absolute atomic E-state index is 0.0231. The molecule has 3 aromatic rings. The van der Waals surface area contributed by atoms with E-state index in [4.69, 9.17) is 0 Å². The standard InChI is InChI=1S/C22H24N4O3S/c27-13-22-11-25(8-16(22)9-26(12-22)21(29)19-10-30-14-24-19)20(28)6-5-15-7-23-18-4-2-1-3-17(15)18/h1-4,7,10,14,16,23,27H,5-6,8-9,11-13H2/t16-,22+/m1/s1. The molecule has 2 saturated heterocycles. The molecule has 0 bridgehead atoms. The van der Waals surface area contributed by atoms with Crippen LogP contribution < -0.4 is 0 Å². The number of likely N-dealkylation sites (tertiary alicyclic amines) is 2.